The molecule has 1 saturated heterocycles. The third-order valence-corrected chi connectivity index (χ3v) is 4.53. The van der Waals surface area contributed by atoms with E-state index in [9.17, 15) is 9.59 Å². The van der Waals surface area contributed by atoms with Crippen molar-refractivity contribution >= 4 is 11.7 Å². The van der Waals surface area contributed by atoms with Gasteiger partial charge in [-0.1, -0.05) is 0 Å². The van der Waals surface area contributed by atoms with Gasteiger partial charge in [-0.2, -0.15) is 0 Å². The number of carbonyl (C=O) groups excluding carboxylic acids is 2. The van der Waals surface area contributed by atoms with Gasteiger partial charge in [0, 0.05) is 18.0 Å². The lowest BCUT2D eigenvalue weighted by molar-refractivity contribution is -0.122. The summed E-state index contributed by atoms with van der Waals surface area (Å²) in [5.41, 5.74) is 0.682. The van der Waals surface area contributed by atoms with Crippen molar-refractivity contribution in [1.29, 1.82) is 0 Å². The summed E-state index contributed by atoms with van der Waals surface area (Å²) in [5, 5.41) is 2.81. The molecule has 0 unspecified atom stereocenters. The highest BCUT2D eigenvalue weighted by molar-refractivity contribution is 5.98. The van der Waals surface area contributed by atoms with Crippen LogP contribution in [-0.4, -0.2) is 56.0 Å². The van der Waals surface area contributed by atoms with Crippen molar-refractivity contribution < 1.29 is 19.1 Å². The van der Waals surface area contributed by atoms with Crippen molar-refractivity contribution in [3.63, 3.8) is 0 Å². The quantitative estimate of drug-likeness (QED) is 0.828. The monoisotopic (exact) mass is 332 g/mol. The fourth-order valence-corrected chi connectivity index (χ4v) is 3.24. The number of rotatable bonds is 5. The van der Waals surface area contributed by atoms with Gasteiger partial charge in [-0.25, -0.2) is 0 Å². The Kier molecular flexibility index (Phi) is 5.35. The lowest BCUT2D eigenvalue weighted by Crippen LogP contribution is -2.42. The Morgan fingerprint density at radius 1 is 1.17 bits per heavy atom. The van der Waals surface area contributed by atoms with Gasteiger partial charge in [-0.3, -0.25) is 14.5 Å². The molecule has 2 aliphatic rings. The van der Waals surface area contributed by atoms with Gasteiger partial charge in [-0.15, -0.1) is 0 Å². The third-order valence-electron chi connectivity index (χ3n) is 4.53. The molecule has 3 rings (SSSR count). The van der Waals surface area contributed by atoms with Crippen LogP contribution in [-0.2, 0) is 4.79 Å². The first-order chi connectivity index (χ1) is 11.7. The van der Waals surface area contributed by atoms with Gasteiger partial charge in [0.1, 0.15) is 13.2 Å². The molecule has 1 aromatic rings. The molecule has 24 heavy (non-hydrogen) atoms. The first kappa shape index (κ1) is 16.8. The molecule has 0 spiro atoms. The van der Waals surface area contributed by atoms with E-state index in [0.29, 0.717) is 43.4 Å². The molecule has 6 nitrogen and oxygen atoms in total. The van der Waals surface area contributed by atoms with Crippen molar-refractivity contribution in [1.82, 2.24) is 10.2 Å². The number of fused-ring (bicyclic) bond motifs is 1. The molecule has 130 valence electrons. The largest absolute Gasteiger partial charge is 0.486 e. The Morgan fingerprint density at radius 3 is 2.58 bits per heavy atom. The number of nitrogens with one attached hydrogen (secondary N) is 1. The Bertz CT molecular complexity index is 609. The van der Waals surface area contributed by atoms with E-state index in [1.807, 2.05) is 19.1 Å². The molecule has 6 heteroatoms. The zero-order valence-electron chi connectivity index (χ0n) is 14.0. The standard InChI is InChI=1S/C18H24N2O4/c1-2-19-17(21)12-20-7-5-13(6-8-20)18(22)14-3-4-15-16(11-14)24-10-9-23-15/h3-4,11,13H,2,5-10,12H2,1H3,(H,19,21). The number of piperidine rings is 1. The lowest BCUT2D eigenvalue weighted by Gasteiger charge is -2.30. The Morgan fingerprint density at radius 2 is 1.88 bits per heavy atom. The van der Waals surface area contributed by atoms with E-state index in [1.54, 1.807) is 6.07 Å². The molecule has 1 N–H and O–H groups in total. The van der Waals surface area contributed by atoms with Crippen LogP contribution >= 0.6 is 0 Å². The molecular weight excluding hydrogens is 308 g/mol. The van der Waals surface area contributed by atoms with E-state index >= 15 is 0 Å². The van der Waals surface area contributed by atoms with Gasteiger partial charge >= 0.3 is 0 Å². The maximum Gasteiger partial charge on any atom is 0.234 e. The number of amides is 1. The van der Waals surface area contributed by atoms with Crippen molar-refractivity contribution in [3.8, 4) is 11.5 Å². The maximum atomic E-state index is 12.7. The molecule has 2 aliphatic heterocycles. The van der Waals surface area contributed by atoms with Crippen LogP contribution in [0.3, 0.4) is 0 Å². The minimum absolute atomic E-state index is 0.0121. The number of hydrogen-bond donors (Lipinski definition) is 1. The number of Topliss-reactive ketones (excluding diaryl/α,β-unsaturated/α-hetero) is 1. The molecule has 0 radical (unpaired) electrons. The summed E-state index contributed by atoms with van der Waals surface area (Å²) in [6.07, 6.45) is 1.57. The topological polar surface area (TPSA) is 67.9 Å². The van der Waals surface area contributed by atoms with Gasteiger partial charge in [0.05, 0.1) is 6.54 Å². The molecule has 1 aromatic carbocycles. The minimum atomic E-state index is 0.0121. The first-order valence-electron chi connectivity index (χ1n) is 8.60. The van der Waals surface area contributed by atoms with Crippen molar-refractivity contribution in [2.75, 3.05) is 39.4 Å². The Labute approximate surface area is 142 Å². The summed E-state index contributed by atoms with van der Waals surface area (Å²) in [6, 6.07) is 5.42. The highest BCUT2D eigenvalue weighted by Gasteiger charge is 2.27. The normalized spacial score (nSPS) is 18.2. The van der Waals surface area contributed by atoms with Crippen LogP contribution in [0.5, 0.6) is 11.5 Å². The highest BCUT2D eigenvalue weighted by Crippen LogP contribution is 2.32. The number of likely N-dealkylation sites (N-methyl/N-ethyl adjacent to an activating group) is 1. The molecule has 0 atom stereocenters. The van der Waals surface area contributed by atoms with Gasteiger partial charge < -0.3 is 14.8 Å². The molecule has 0 bridgehead atoms. The van der Waals surface area contributed by atoms with Crippen molar-refractivity contribution in [2.24, 2.45) is 5.92 Å². The fourth-order valence-electron chi connectivity index (χ4n) is 3.24. The summed E-state index contributed by atoms with van der Waals surface area (Å²) in [4.78, 5) is 26.5. The summed E-state index contributed by atoms with van der Waals surface area (Å²) in [7, 11) is 0. The van der Waals surface area contributed by atoms with Crippen LogP contribution in [0.25, 0.3) is 0 Å². The summed E-state index contributed by atoms with van der Waals surface area (Å²) >= 11 is 0. The zero-order valence-corrected chi connectivity index (χ0v) is 14.0. The Balaban J connectivity index is 1.56. The molecule has 2 heterocycles. The molecular formula is C18H24N2O4. The average Bonchev–Trinajstić information content (AvgIpc) is 2.61. The minimum Gasteiger partial charge on any atom is -0.486 e. The van der Waals surface area contributed by atoms with Gasteiger partial charge in [0.15, 0.2) is 17.3 Å². The molecule has 1 amide bonds. The van der Waals surface area contributed by atoms with Crippen LogP contribution in [0, 0.1) is 5.92 Å². The summed E-state index contributed by atoms with van der Waals surface area (Å²) < 4.78 is 11.0. The van der Waals surface area contributed by atoms with E-state index in [2.05, 4.69) is 10.2 Å². The maximum absolute atomic E-state index is 12.7. The zero-order chi connectivity index (χ0) is 16.9. The molecule has 0 aliphatic carbocycles. The number of likely N-dealkylation sites (tertiary alicyclic amines) is 1. The second kappa shape index (κ2) is 7.66. The average molecular weight is 332 g/mol. The first-order valence-corrected chi connectivity index (χ1v) is 8.60. The van der Waals surface area contributed by atoms with Crippen molar-refractivity contribution in [2.45, 2.75) is 19.8 Å². The number of carbonyl (C=O) groups is 2. The van der Waals surface area contributed by atoms with Gasteiger partial charge in [0.2, 0.25) is 5.91 Å². The van der Waals surface area contributed by atoms with Crippen LogP contribution in [0.4, 0.5) is 0 Å². The highest BCUT2D eigenvalue weighted by atomic mass is 16.6. The summed E-state index contributed by atoms with van der Waals surface area (Å²) in [5.74, 6) is 1.58. The van der Waals surface area contributed by atoms with Gasteiger partial charge in [0.25, 0.3) is 0 Å². The number of ether oxygens (including phenoxy) is 2. The fraction of sp³-hybridized carbons (Fsp3) is 0.556. The van der Waals surface area contributed by atoms with Crippen molar-refractivity contribution in [3.05, 3.63) is 23.8 Å². The lowest BCUT2D eigenvalue weighted by atomic mass is 9.88. The summed E-state index contributed by atoms with van der Waals surface area (Å²) in [6.45, 7) is 5.59. The van der Waals surface area contributed by atoms with E-state index in [4.69, 9.17) is 9.47 Å². The number of nitrogens with zero attached hydrogens (tertiary/aromatic N) is 1. The SMILES string of the molecule is CCNC(=O)CN1CCC(C(=O)c2ccc3c(c2)OCCO3)CC1. The predicted octanol–water partition coefficient (Wildman–Crippen LogP) is 1.49. The number of hydrogen-bond acceptors (Lipinski definition) is 5. The van der Waals surface area contributed by atoms with E-state index in [-0.39, 0.29) is 17.6 Å². The second-order valence-electron chi connectivity index (χ2n) is 6.23. The number of ketones is 1. The molecule has 0 saturated carbocycles. The Hall–Kier alpha value is -2.08. The van der Waals surface area contributed by atoms with E-state index in [1.165, 1.54) is 0 Å². The smallest absolute Gasteiger partial charge is 0.234 e. The van der Waals surface area contributed by atoms with Crippen LogP contribution in [0.1, 0.15) is 30.1 Å². The molecule has 1 fully saturated rings. The van der Waals surface area contributed by atoms with E-state index < -0.39 is 0 Å². The predicted molar refractivity (Wildman–Crippen MR) is 89.6 cm³/mol. The van der Waals surface area contributed by atoms with Gasteiger partial charge in [-0.05, 0) is 51.1 Å². The van der Waals surface area contributed by atoms with E-state index in [0.717, 1.165) is 25.9 Å². The van der Waals surface area contributed by atoms with Crippen LogP contribution < -0.4 is 14.8 Å². The van der Waals surface area contributed by atoms with Crippen LogP contribution in [0.15, 0.2) is 18.2 Å². The molecule has 0 aromatic heterocycles. The van der Waals surface area contributed by atoms with Crippen LogP contribution in [0.2, 0.25) is 0 Å². The second-order valence-corrected chi connectivity index (χ2v) is 6.23. The third kappa shape index (κ3) is 3.87. The number of benzene rings is 1.